The van der Waals surface area contributed by atoms with Crippen molar-refractivity contribution >= 4 is 5.78 Å². The number of rotatable bonds is 6. The Labute approximate surface area is 110 Å². The third kappa shape index (κ3) is 4.06. The van der Waals surface area contributed by atoms with Crippen LogP contribution in [0.25, 0.3) is 0 Å². The van der Waals surface area contributed by atoms with E-state index in [1.165, 1.54) is 18.2 Å². The molecule has 0 saturated heterocycles. The number of hydrogen-bond donors (Lipinski definition) is 0. The molecule has 5 heteroatoms. The molecule has 0 spiro atoms. The number of Topliss-reactive ketones (excluding diaryl/α,β-unsaturated/α-hetero) is 1. The minimum atomic E-state index is -4.53. The van der Waals surface area contributed by atoms with Crippen molar-refractivity contribution < 1.29 is 22.7 Å². The number of ether oxygens (including phenoxy) is 1. The topological polar surface area (TPSA) is 26.3 Å². The lowest BCUT2D eigenvalue weighted by molar-refractivity contribution is -0.138. The molecule has 0 amide bonds. The van der Waals surface area contributed by atoms with Gasteiger partial charge in [0.15, 0.2) is 5.78 Å². The summed E-state index contributed by atoms with van der Waals surface area (Å²) in [4.78, 5) is 12.2. The maximum atomic E-state index is 12.9. The predicted octanol–water partition coefficient (Wildman–Crippen LogP) is 4.09. The van der Waals surface area contributed by atoms with Crippen LogP contribution in [-0.2, 0) is 10.9 Å². The minimum Gasteiger partial charge on any atom is -0.370 e. The lowest BCUT2D eigenvalue weighted by atomic mass is 9.97. The van der Waals surface area contributed by atoms with Crippen molar-refractivity contribution in [2.75, 3.05) is 6.61 Å². The summed E-state index contributed by atoms with van der Waals surface area (Å²) < 4.78 is 43.8. The van der Waals surface area contributed by atoms with Gasteiger partial charge in [-0.2, -0.15) is 13.2 Å². The maximum Gasteiger partial charge on any atom is 0.417 e. The summed E-state index contributed by atoms with van der Waals surface area (Å²) in [6, 6.07) is 4.82. The minimum absolute atomic E-state index is 0.296. The Hall–Kier alpha value is -1.36. The summed E-state index contributed by atoms with van der Waals surface area (Å²) in [5.74, 6) is -0.600. The lowest BCUT2D eigenvalue weighted by Gasteiger charge is -2.18. The van der Waals surface area contributed by atoms with Gasteiger partial charge in [-0.3, -0.25) is 4.79 Å². The third-order valence-corrected chi connectivity index (χ3v) is 2.71. The molecule has 0 heterocycles. The molecule has 1 rings (SSSR count). The quantitative estimate of drug-likeness (QED) is 0.730. The van der Waals surface area contributed by atoms with E-state index in [1.54, 1.807) is 6.92 Å². The van der Waals surface area contributed by atoms with Gasteiger partial charge in [0.05, 0.1) is 5.56 Å². The van der Waals surface area contributed by atoms with Gasteiger partial charge in [-0.05, 0) is 19.4 Å². The SMILES string of the molecule is CCCC(OCC)C(=O)c1ccccc1C(F)(F)F. The van der Waals surface area contributed by atoms with Gasteiger partial charge < -0.3 is 4.74 Å². The predicted molar refractivity (Wildman–Crippen MR) is 66.1 cm³/mol. The van der Waals surface area contributed by atoms with Crippen molar-refractivity contribution in [1.29, 1.82) is 0 Å². The number of carbonyl (C=O) groups is 1. The van der Waals surface area contributed by atoms with Gasteiger partial charge in [0.2, 0.25) is 0 Å². The fourth-order valence-electron chi connectivity index (χ4n) is 1.87. The van der Waals surface area contributed by atoms with Crippen LogP contribution in [0.3, 0.4) is 0 Å². The first-order valence-electron chi connectivity index (χ1n) is 6.23. The van der Waals surface area contributed by atoms with Crippen molar-refractivity contribution in [1.82, 2.24) is 0 Å². The van der Waals surface area contributed by atoms with E-state index in [-0.39, 0.29) is 5.56 Å². The Morgan fingerprint density at radius 3 is 2.42 bits per heavy atom. The average molecular weight is 274 g/mol. The first kappa shape index (κ1) is 15.7. The van der Waals surface area contributed by atoms with Crippen LogP contribution in [0.1, 0.15) is 42.6 Å². The highest BCUT2D eigenvalue weighted by Gasteiger charge is 2.36. The van der Waals surface area contributed by atoms with Crippen LogP contribution >= 0.6 is 0 Å². The molecule has 0 N–H and O–H groups in total. The first-order valence-corrected chi connectivity index (χ1v) is 6.23. The van der Waals surface area contributed by atoms with Gasteiger partial charge in [-0.1, -0.05) is 31.5 Å². The first-order chi connectivity index (χ1) is 8.91. The van der Waals surface area contributed by atoms with E-state index < -0.39 is 23.6 Å². The van der Waals surface area contributed by atoms with E-state index in [1.807, 2.05) is 6.92 Å². The number of carbonyl (C=O) groups excluding carboxylic acids is 1. The number of benzene rings is 1. The molecule has 1 aromatic rings. The molecule has 0 saturated carbocycles. The van der Waals surface area contributed by atoms with Crippen molar-refractivity contribution in [3.63, 3.8) is 0 Å². The fourth-order valence-corrected chi connectivity index (χ4v) is 1.87. The maximum absolute atomic E-state index is 12.9. The normalized spacial score (nSPS) is 13.3. The van der Waals surface area contributed by atoms with Gasteiger partial charge in [0.1, 0.15) is 6.10 Å². The number of hydrogen-bond acceptors (Lipinski definition) is 2. The van der Waals surface area contributed by atoms with Gasteiger partial charge in [-0.15, -0.1) is 0 Å². The second kappa shape index (κ2) is 6.70. The second-order valence-corrected chi connectivity index (χ2v) is 4.14. The van der Waals surface area contributed by atoms with E-state index in [4.69, 9.17) is 4.74 Å². The lowest BCUT2D eigenvalue weighted by Crippen LogP contribution is -2.26. The van der Waals surface area contributed by atoms with Crippen LogP contribution in [0.5, 0.6) is 0 Å². The molecule has 1 unspecified atom stereocenters. The van der Waals surface area contributed by atoms with Crippen LogP contribution in [0, 0.1) is 0 Å². The van der Waals surface area contributed by atoms with E-state index >= 15 is 0 Å². The molecule has 1 atom stereocenters. The summed E-state index contributed by atoms with van der Waals surface area (Å²) in [7, 11) is 0. The van der Waals surface area contributed by atoms with Crippen molar-refractivity contribution in [2.45, 2.75) is 39.0 Å². The summed E-state index contributed by atoms with van der Waals surface area (Å²) in [6.45, 7) is 3.87. The zero-order valence-electron chi connectivity index (χ0n) is 11.0. The van der Waals surface area contributed by atoms with E-state index in [0.717, 1.165) is 6.07 Å². The standard InChI is InChI=1S/C14H17F3O2/c1-3-7-12(19-4-2)13(18)10-8-5-6-9-11(10)14(15,16)17/h5-6,8-9,12H,3-4,7H2,1-2H3. The highest BCUT2D eigenvalue weighted by Crippen LogP contribution is 2.32. The molecular formula is C14H17F3O2. The molecular weight excluding hydrogens is 257 g/mol. The fraction of sp³-hybridized carbons (Fsp3) is 0.500. The van der Waals surface area contributed by atoms with Crippen LogP contribution in [0.2, 0.25) is 0 Å². The largest absolute Gasteiger partial charge is 0.417 e. The molecule has 0 radical (unpaired) electrons. The molecule has 0 aromatic heterocycles. The molecule has 0 bridgehead atoms. The highest BCUT2D eigenvalue weighted by atomic mass is 19.4. The van der Waals surface area contributed by atoms with Crippen LogP contribution in [-0.4, -0.2) is 18.5 Å². The molecule has 0 aliphatic heterocycles. The van der Waals surface area contributed by atoms with Gasteiger partial charge in [-0.25, -0.2) is 0 Å². The molecule has 2 nitrogen and oxygen atoms in total. The second-order valence-electron chi connectivity index (χ2n) is 4.14. The van der Waals surface area contributed by atoms with Gasteiger partial charge in [0.25, 0.3) is 0 Å². The number of ketones is 1. The van der Waals surface area contributed by atoms with Crippen LogP contribution in [0.4, 0.5) is 13.2 Å². The Bertz CT molecular complexity index is 421. The molecule has 1 aromatic carbocycles. The smallest absolute Gasteiger partial charge is 0.370 e. The summed E-state index contributed by atoms with van der Waals surface area (Å²) in [5, 5.41) is 0. The monoisotopic (exact) mass is 274 g/mol. The third-order valence-electron chi connectivity index (χ3n) is 2.71. The summed E-state index contributed by atoms with van der Waals surface area (Å²) >= 11 is 0. The molecule has 0 aliphatic rings. The van der Waals surface area contributed by atoms with Crippen molar-refractivity contribution in [2.24, 2.45) is 0 Å². The molecule has 106 valence electrons. The van der Waals surface area contributed by atoms with E-state index in [0.29, 0.717) is 19.4 Å². The van der Waals surface area contributed by atoms with Crippen LogP contribution < -0.4 is 0 Å². The van der Waals surface area contributed by atoms with Crippen LogP contribution in [0.15, 0.2) is 24.3 Å². The molecule has 19 heavy (non-hydrogen) atoms. The van der Waals surface area contributed by atoms with Gasteiger partial charge >= 0.3 is 6.18 Å². The van der Waals surface area contributed by atoms with Crippen molar-refractivity contribution in [3.05, 3.63) is 35.4 Å². The Morgan fingerprint density at radius 1 is 1.26 bits per heavy atom. The van der Waals surface area contributed by atoms with E-state index in [2.05, 4.69) is 0 Å². The van der Waals surface area contributed by atoms with Gasteiger partial charge in [0, 0.05) is 12.2 Å². The number of alkyl halides is 3. The summed E-state index contributed by atoms with van der Waals surface area (Å²) in [6.07, 6.45) is -4.25. The zero-order valence-corrected chi connectivity index (χ0v) is 11.0. The summed E-state index contributed by atoms with van der Waals surface area (Å²) in [5.41, 5.74) is -1.22. The molecule has 0 aliphatic carbocycles. The van der Waals surface area contributed by atoms with Crippen molar-refractivity contribution in [3.8, 4) is 0 Å². The Balaban J connectivity index is 3.11. The number of halogens is 3. The average Bonchev–Trinajstić information content (AvgIpc) is 2.37. The Kier molecular flexibility index (Phi) is 5.54. The highest BCUT2D eigenvalue weighted by molar-refractivity contribution is 6.00. The Morgan fingerprint density at radius 2 is 1.89 bits per heavy atom. The zero-order chi connectivity index (χ0) is 14.5. The van der Waals surface area contributed by atoms with E-state index in [9.17, 15) is 18.0 Å². The molecule has 0 fully saturated rings.